The predicted octanol–water partition coefficient (Wildman–Crippen LogP) is 3.58. The van der Waals surface area contributed by atoms with Crippen molar-refractivity contribution in [3.05, 3.63) is 71.5 Å². The zero-order valence-corrected chi connectivity index (χ0v) is 12.0. The average Bonchev–Trinajstić information content (AvgIpc) is 2.53. The number of nitrogens with two attached hydrogens (primary N) is 1. The fourth-order valence-electron chi connectivity index (χ4n) is 2.48. The number of aryl methyl sites for hydroxylation is 1. The van der Waals surface area contributed by atoms with E-state index in [4.69, 9.17) is 10.5 Å². The first-order valence-electron chi connectivity index (χ1n) is 7.03. The van der Waals surface area contributed by atoms with Gasteiger partial charge in [-0.05, 0) is 35.4 Å². The summed E-state index contributed by atoms with van der Waals surface area (Å²) in [5.41, 5.74) is 9.05. The Balaban J connectivity index is 1.92. The Morgan fingerprint density at radius 3 is 2.71 bits per heavy atom. The smallest absolute Gasteiger partial charge is 0.130 e. The van der Waals surface area contributed by atoms with Crippen molar-refractivity contribution in [2.75, 3.05) is 0 Å². The van der Waals surface area contributed by atoms with Gasteiger partial charge in [0.05, 0.1) is 5.69 Å². The summed E-state index contributed by atoms with van der Waals surface area (Å²) in [6.07, 6.45) is 1.79. The van der Waals surface area contributed by atoms with E-state index in [9.17, 15) is 0 Å². The van der Waals surface area contributed by atoms with Crippen molar-refractivity contribution in [2.45, 2.75) is 20.1 Å². The molecule has 0 aliphatic rings. The van der Waals surface area contributed by atoms with E-state index in [2.05, 4.69) is 23.2 Å². The number of benzene rings is 2. The van der Waals surface area contributed by atoms with Gasteiger partial charge in [0.25, 0.3) is 0 Å². The van der Waals surface area contributed by atoms with Gasteiger partial charge in [-0.25, -0.2) is 0 Å². The minimum absolute atomic E-state index is 0.456. The molecule has 3 nitrogen and oxygen atoms in total. The van der Waals surface area contributed by atoms with Gasteiger partial charge >= 0.3 is 0 Å². The van der Waals surface area contributed by atoms with Crippen molar-refractivity contribution in [1.29, 1.82) is 0 Å². The molecular weight excluding hydrogens is 260 g/mol. The summed E-state index contributed by atoms with van der Waals surface area (Å²) in [5.74, 6) is 0.834. The van der Waals surface area contributed by atoms with Gasteiger partial charge in [0.15, 0.2) is 0 Å². The van der Waals surface area contributed by atoms with Crippen molar-refractivity contribution in [1.82, 2.24) is 4.98 Å². The SMILES string of the molecule is Cc1cccnc1COc1ccc2ccccc2c1CN. The lowest BCUT2D eigenvalue weighted by Gasteiger charge is -2.13. The summed E-state index contributed by atoms with van der Waals surface area (Å²) >= 11 is 0. The predicted molar refractivity (Wildman–Crippen MR) is 85.1 cm³/mol. The van der Waals surface area contributed by atoms with E-state index in [-0.39, 0.29) is 0 Å². The second-order valence-corrected chi connectivity index (χ2v) is 5.02. The molecule has 1 aromatic heterocycles. The molecule has 3 heteroatoms. The molecule has 0 aliphatic heterocycles. The van der Waals surface area contributed by atoms with Crippen LogP contribution < -0.4 is 10.5 Å². The monoisotopic (exact) mass is 278 g/mol. The lowest BCUT2D eigenvalue weighted by atomic mass is 10.0. The Morgan fingerprint density at radius 2 is 1.90 bits per heavy atom. The highest BCUT2D eigenvalue weighted by Crippen LogP contribution is 2.28. The maximum atomic E-state index is 5.96. The number of fused-ring (bicyclic) bond motifs is 1. The molecule has 0 fully saturated rings. The first-order chi connectivity index (χ1) is 10.3. The van der Waals surface area contributed by atoms with E-state index in [1.165, 1.54) is 5.39 Å². The van der Waals surface area contributed by atoms with Gasteiger partial charge in [-0.15, -0.1) is 0 Å². The third-order valence-corrected chi connectivity index (χ3v) is 3.68. The van der Waals surface area contributed by atoms with Gasteiger partial charge in [0.2, 0.25) is 0 Å². The number of hydrogen-bond acceptors (Lipinski definition) is 3. The van der Waals surface area contributed by atoms with Crippen LogP contribution in [0, 0.1) is 6.92 Å². The van der Waals surface area contributed by atoms with Crippen LogP contribution in [-0.4, -0.2) is 4.98 Å². The van der Waals surface area contributed by atoms with Crippen molar-refractivity contribution in [3.63, 3.8) is 0 Å². The number of hydrogen-bond donors (Lipinski definition) is 1. The van der Waals surface area contributed by atoms with Gasteiger partial charge in [0.1, 0.15) is 12.4 Å². The molecule has 0 amide bonds. The lowest BCUT2D eigenvalue weighted by molar-refractivity contribution is 0.298. The quantitative estimate of drug-likeness (QED) is 0.793. The van der Waals surface area contributed by atoms with Crippen LogP contribution in [0.25, 0.3) is 10.8 Å². The standard InChI is InChI=1S/C18H18N2O/c1-13-5-4-10-20-17(13)12-21-18-9-8-14-6-2-3-7-15(14)16(18)11-19/h2-10H,11-12,19H2,1H3. The fourth-order valence-corrected chi connectivity index (χ4v) is 2.48. The van der Waals surface area contributed by atoms with E-state index < -0.39 is 0 Å². The molecule has 106 valence electrons. The largest absolute Gasteiger partial charge is 0.487 e. The Bertz CT molecular complexity index is 768. The molecular formula is C18H18N2O. The molecule has 21 heavy (non-hydrogen) atoms. The van der Waals surface area contributed by atoms with Crippen LogP contribution in [-0.2, 0) is 13.2 Å². The van der Waals surface area contributed by atoms with E-state index in [1.54, 1.807) is 6.20 Å². The van der Waals surface area contributed by atoms with E-state index in [0.29, 0.717) is 13.2 Å². The number of ether oxygens (including phenoxy) is 1. The Hall–Kier alpha value is -2.39. The number of rotatable bonds is 4. The van der Waals surface area contributed by atoms with Crippen molar-refractivity contribution in [2.24, 2.45) is 5.73 Å². The van der Waals surface area contributed by atoms with Crippen LogP contribution in [0.3, 0.4) is 0 Å². The molecule has 2 aromatic carbocycles. The Kier molecular flexibility index (Phi) is 3.84. The summed E-state index contributed by atoms with van der Waals surface area (Å²) in [6.45, 7) is 2.95. The fraction of sp³-hybridized carbons (Fsp3) is 0.167. The molecule has 0 saturated carbocycles. The second kappa shape index (κ2) is 5.94. The normalized spacial score (nSPS) is 10.8. The third kappa shape index (κ3) is 2.73. The Morgan fingerprint density at radius 1 is 1.05 bits per heavy atom. The van der Waals surface area contributed by atoms with E-state index in [1.807, 2.05) is 37.3 Å². The van der Waals surface area contributed by atoms with Gasteiger partial charge < -0.3 is 10.5 Å². The molecule has 0 saturated heterocycles. The van der Waals surface area contributed by atoms with Crippen LogP contribution >= 0.6 is 0 Å². The van der Waals surface area contributed by atoms with Crippen LogP contribution in [0.15, 0.2) is 54.7 Å². The lowest BCUT2D eigenvalue weighted by Crippen LogP contribution is -2.05. The number of aromatic nitrogens is 1. The maximum Gasteiger partial charge on any atom is 0.130 e. The molecule has 0 radical (unpaired) electrons. The second-order valence-electron chi connectivity index (χ2n) is 5.02. The topological polar surface area (TPSA) is 48.1 Å². The summed E-state index contributed by atoms with van der Waals surface area (Å²) < 4.78 is 5.96. The molecule has 2 N–H and O–H groups in total. The number of nitrogens with zero attached hydrogens (tertiary/aromatic N) is 1. The molecule has 0 spiro atoms. The van der Waals surface area contributed by atoms with Gasteiger partial charge in [-0.1, -0.05) is 36.4 Å². The van der Waals surface area contributed by atoms with E-state index >= 15 is 0 Å². The van der Waals surface area contributed by atoms with Crippen LogP contribution in [0.1, 0.15) is 16.8 Å². The summed E-state index contributed by atoms with van der Waals surface area (Å²) in [7, 11) is 0. The van der Waals surface area contributed by atoms with Crippen LogP contribution in [0.5, 0.6) is 5.75 Å². The third-order valence-electron chi connectivity index (χ3n) is 3.68. The van der Waals surface area contributed by atoms with Crippen molar-refractivity contribution < 1.29 is 4.74 Å². The molecule has 0 bridgehead atoms. The van der Waals surface area contributed by atoms with Crippen molar-refractivity contribution >= 4 is 10.8 Å². The average molecular weight is 278 g/mol. The molecule has 3 aromatic rings. The molecule has 0 atom stereocenters. The van der Waals surface area contributed by atoms with Crippen LogP contribution in [0.4, 0.5) is 0 Å². The van der Waals surface area contributed by atoms with Gasteiger partial charge in [0, 0.05) is 18.3 Å². The number of pyridine rings is 1. The summed E-state index contributed by atoms with van der Waals surface area (Å²) in [4.78, 5) is 4.35. The molecule has 3 rings (SSSR count). The minimum Gasteiger partial charge on any atom is -0.487 e. The first-order valence-corrected chi connectivity index (χ1v) is 7.03. The Labute approximate surface area is 124 Å². The van der Waals surface area contributed by atoms with Gasteiger partial charge in [-0.3, -0.25) is 4.98 Å². The zero-order valence-electron chi connectivity index (χ0n) is 12.0. The summed E-state index contributed by atoms with van der Waals surface area (Å²) in [5, 5.41) is 2.33. The van der Waals surface area contributed by atoms with Crippen LogP contribution in [0.2, 0.25) is 0 Å². The van der Waals surface area contributed by atoms with Gasteiger partial charge in [-0.2, -0.15) is 0 Å². The highest BCUT2D eigenvalue weighted by Gasteiger charge is 2.08. The molecule has 1 heterocycles. The highest BCUT2D eigenvalue weighted by atomic mass is 16.5. The van der Waals surface area contributed by atoms with E-state index in [0.717, 1.165) is 28.0 Å². The molecule has 0 aliphatic carbocycles. The summed E-state index contributed by atoms with van der Waals surface area (Å²) in [6, 6.07) is 16.2. The maximum absolute atomic E-state index is 5.96. The minimum atomic E-state index is 0.456. The van der Waals surface area contributed by atoms with Crippen molar-refractivity contribution in [3.8, 4) is 5.75 Å². The molecule has 0 unspecified atom stereocenters. The zero-order chi connectivity index (χ0) is 14.7. The first kappa shape index (κ1) is 13.6. The highest BCUT2D eigenvalue weighted by molar-refractivity contribution is 5.87.